The SMILES string of the molecule is Cc1nnc2n1-c1ccc(C(=O)N[C@@H](C)C(=O)O)cc1C(c1ccccc1Cl)=NC2. The number of aryl methyl sites for hydroxylation is 1. The summed E-state index contributed by atoms with van der Waals surface area (Å²) in [5.74, 6) is -0.233. The van der Waals surface area contributed by atoms with E-state index in [-0.39, 0.29) is 0 Å². The van der Waals surface area contributed by atoms with Gasteiger partial charge in [0.15, 0.2) is 5.82 Å². The Morgan fingerprint density at radius 1 is 1.17 bits per heavy atom. The Kier molecular flexibility index (Phi) is 5.09. The first-order valence-electron chi connectivity index (χ1n) is 9.25. The molecule has 0 saturated carbocycles. The molecule has 8 nitrogen and oxygen atoms in total. The number of hydrogen-bond acceptors (Lipinski definition) is 5. The highest BCUT2D eigenvalue weighted by atomic mass is 35.5. The molecule has 30 heavy (non-hydrogen) atoms. The monoisotopic (exact) mass is 423 g/mol. The van der Waals surface area contributed by atoms with Crippen LogP contribution in [-0.4, -0.2) is 43.5 Å². The number of aromatic nitrogens is 3. The molecule has 0 radical (unpaired) electrons. The number of fused-ring (bicyclic) bond motifs is 3. The van der Waals surface area contributed by atoms with Crippen molar-refractivity contribution in [2.75, 3.05) is 0 Å². The summed E-state index contributed by atoms with van der Waals surface area (Å²) in [7, 11) is 0. The topological polar surface area (TPSA) is 109 Å². The molecule has 0 aliphatic carbocycles. The van der Waals surface area contributed by atoms with Gasteiger partial charge >= 0.3 is 5.97 Å². The van der Waals surface area contributed by atoms with Crippen LogP contribution in [0.2, 0.25) is 5.02 Å². The molecule has 0 saturated heterocycles. The van der Waals surface area contributed by atoms with Crippen LogP contribution in [0, 0.1) is 6.92 Å². The molecule has 1 amide bonds. The summed E-state index contributed by atoms with van der Waals surface area (Å²) in [5.41, 5.74) is 3.12. The van der Waals surface area contributed by atoms with Crippen molar-refractivity contribution in [1.29, 1.82) is 0 Å². The van der Waals surface area contributed by atoms with Crippen molar-refractivity contribution < 1.29 is 14.7 Å². The zero-order valence-electron chi connectivity index (χ0n) is 16.3. The number of carbonyl (C=O) groups is 2. The maximum absolute atomic E-state index is 12.6. The molecule has 0 unspecified atom stereocenters. The average molecular weight is 424 g/mol. The van der Waals surface area contributed by atoms with E-state index in [9.17, 15) is 9.59 Å². The van der Waals surface area contributed by atoms with Crippen LogP contribution < -0.4 is 5.32 Å². The number of benzene rings is 2. The van der Waals surface area contributed by atoms with E-state index in [1.807, 2.05) is 29.7 Å². The number of nitrogens with one attached hydrogen (secondary N) is 1. The van der Waals surface area contributed by atoms with Crippen LogP contribution in [-0.2, 0) is 11.3 Å². The van der Waals surface area contributed by atoms with Crippen LogP contribution in [0.4, 0.5) is 0 Å². The van der Waals surface area contributed by atoms with E-state index < -0.39 is 17.9 Å². The van der Waals surface area contributed by atoms with Crippen LogP contribution in [0.5, 0.6) is 0 Å². The second-order valence-corrected chi connectivity index (χ2v) is 7.32. The van der Waals surface area contributed by atoms with Crippen molar-refractivity contribution in [3.05, 3.63) is 75.8 Å². The van der Waals surface area contributed by atoms with Crippen molar-refractivity contribution in [3.63, 3.8) is 0 Å². The van der Waals surface area contributed by atoms with Crippen LogP contribution in [0.25, 0.3) is 5.69 Å². The fourth-order valence-corrected chi connectivity index (χ4v) is 3.57. The van der Waals surface area contributed by atoms with Crippen LogP contribution in [0.1, 0.15) is 40.1 Å². The lowest BCUT2D eigenvalue weighted by Gasteiger charge is -2.16. The van der Waals surface area contributed by atoms with Gasteiger partial charge in [0.25, 0.3) is 5.91 Å². The summed E-state index contributed by atoms with van der Waals surface area (Å²) in [6.07, 6.45) is 0. The Morgan fingerprint density at radius 3 is 2.67 bits per heavy atom. The highest BCUT2D eigenvalue weighted by molar-refractivity contribution is 6.35. The summed E-state index contributed by atoms with van der Waals surface area (Å²) < 4.78 is 1.89. The molecule has 9 heteroatoms. The number of hydrogen-bond donors (Lipinski definition) is 2. The zero-order valence-corrected chi connectivity index (χ0v) is 17.0. The maximum atomic E-state index is 12.6. The number of aliphatic carboxylic acids is 1. The fraction of sp³-hybridized carbons (Fsp3) is 0.190. The van der Waals surface area contributed by atoms with Gasteiger partial charge in [0.1, 0.15) is 18.4 Å². The van der Waals surface area contributed by atoms with Gasteiger partial charge in [-0.3, -0.25) is 19.1 Å². The molecule has 152 valence electrons. The summed E-state index contributed by atoms with van der Waals surface area (Å²) in [6, 6.07) is 11.4. The van der Waals surface area contributed by atoms with E-state index in [1.54, 1.807) is 24.3 Å². The summed E-state index contributed by atoms with van der Waals surface area (Å²) in [4.78, 5) is 28.5. The van der Waals surface area contributed by atoms with Crippen LogP contribution >= 0.6 is 11.6 Å². The van der Waals surface area contributed by atoms with Crippen molar-refractivity contribution in [2.45, 2.75) is 26.4 Å². The van der Waals surface area contributed by atoms with E-state index in [1.165, 1.54) is 6.92 Å². The molecular weight excluding hydrogens is 406 g/mol. The largest absolute Gasteiger partial charge is 0.480 e. The number of carboxylic acids is 1. The predicted octanol–water partition coefficient (Wildman–Crippen LogP) is 2.78. The standard InChI is InChI=1S/C21H18ClN5O3/c1-11(21(29)30)24-20(28)13-7-8-17-15(9-13)19(14-5-3-4-6-16(14)22)23-10-18-26-25-12(2)27(17)18/h3-9,11H,10H2,1-2H3,(H,24,28)(H,29,30)/t11-/m0/s1. The molecule has 1 aliphatic heterocycles. The van der Waals surface area contributed by atoms with Gasteiger partial charge in [-0.2, -0.15) is 0 Å². The number of rotatable bonds is 4. The van der Waals surface area contributed by atoms with Crippen molar-refractivity contribution in [3.8, 4) is 5.69 Å². The van der Waals surface area contributed by atoms with Gasteiger partial charge in [-0.1, -0.05) is 29.8 Å². The highest BCUT2D eigenvalue weighted by Crippen LogP contribution is 2.29. The summed E-state index contributed by atoms with van der Waals surface area (Å²) in [6.45, 7) is 3.55. The van der Waals surface area contributed by atoms with Crippen LogP contribution in [0.15, 0.2) is 47.5 Å². The first-order valence-corrected chi connectivity index (χ1v) is 9.63. The molecule has 4 rings (SSSR count). The lowest BCUT2D eigenvalue weighted by atomic mass is 9.98. The molecular formula is C21H18ClN5O3. The number of amides is 1. The minimum absolute atomic E-state index is 0.299. The van der Waals surface area contributed by atoms with Crippen molar-refractivity contribution in [1.82, 2.24) is 20.1 Å². The molecule has 1 atom stereocenters. The quantitative estimate of drug-likeness (QED) is 0.670. The highest BCUT2D eigenvalue weighted by Gasteiger charge is 2.24. The number of halogens is 1. The molecule has 0 fully saturated rings. The van der Waals surface area contributed by atoms with Gasteiger partial charge in [-0.15, -0.1) is 10.2 Å². The molecule has 0 spiro atoms. The Labute approximate surface area is 177 Å². The van der Waals surface area contributed by atoms with E-state index in [2.05, 4.69) is 15.5 Å². The van der Waals surface area contributed by atoms with Crippen LogP contribution in [0.3, 0.4) is 0 Å². The summed E-state index contributed by atoms with van der Waals surface area (Å²) >= 11 is 6.44. The third-order valence-corrected chi connectivity index (χ3v) is 5.20. The van der Waals surface area contributed by atoms with Gasteiger partial charge in [0, 0.05) is 21.7 Å². The molecule has 0 bridgehead atoms. The van der Waals surface area contributed by atoms with E-state index in [4.69, 9.17) is 21.7 Å². The number of nitrogens with zero attached hydrogens (tertiary/aromatic N) is 4. The Bertz CT molecular complexity index is 1200. The third-order valence-electron chi connectivity index (χ3n) is 4.87. The van der Waals surface area contributed by atoms with Gasteiger partial charge < -0.3 is 10.4 Å². The molecule has 1 aliphatic rings. The molecule has 2 aromatic carbocycles. The Hall–Kier alpha value is -3.52. The minimum Gasteiger partial charge on any atom is -0.480 e. The zero-order chi connectivity index (χ0) is 21.4. The van der Waals surface area contributed by atoms with E-state index in [0.717, 1.165) is 11.3 Å². The van der Waals surface area contributed by atoms with E-state index >= 15 is 0 Å². The maximum Gasteiger partial charge on any atom is 0.325 e. The normalized spacial score (nSPS) is 13.5. The van der Waals surface area contributed by atoms with Gasteiger partial charge in [-0.25, -0.2) is 0 Å². The lowest BCUT2D eigenvalue weighted by molar-refractivity contribution is -0.138. The average Bonchev–Trinajstić information content (AvgIpc) is 3.00. The first kappa shape index (κ1) is 19.8. The van der Waals surface area contributed by atoms with Gasteiger partial charge in [0.05, 0.1) is 11.4 Å². The lowest BCUT2D eigenvalue weighted by Crippen LogP contribution is -2.38. The summed E-state index contributed by atoms with van der Waals surface area (Å²) in [5, 5.41) is 20.4. The third kappa shape index (κ3) is 3.46. The fourth-order valence-electron chi connectivity index (χ4n) is 3.34. The Morgan fingerprint density at radius 2 is 1.93 bits per heavy atom. The molecule has 1 aromatic heterocycles. The van der Waals surface area contributed by atoms with Gasteiger partial charge in [0.2, 0.25) is 0 Å². The second-order valence-electron chi connectivity index (χ2n) is 6.91. The first-order chi connectivity index (χ1) is 14.4. The number of carbonyl (C=O) groups excluding carboxylic acids is 1. The minimum atomic E-state index is -1.11. The number of aliphatic imine (C=N–C) groups is 1. The van der Waals surface area contributed by atoms with Crippen molar-refractivity contribution >= 4 is 29.2 Å². The predicted molar refractivity (Wildman–Crippen MR) is 111 cm³/mol. The van der Waals surface area contributed by atoms with E-state index in [0.29, 0.717) is 40.1 Å². The van der Waals surface area contributed by atoms with Crippen molar-refractivity contribution in [2.24, 2.45) is 4.99 Å². The molecule has 2 N–H and O–H groups in total. The smallest absolute Gasteiger partial charge is 0.325 e. The Balaban J connectivity index is 1.88. The number of carboxylic acid groups (broad SMARTS) is 1. The molecule has 3 aromatic rings. The second kappa shape index (κ2) is 7.72. The molecule has 2 heterocycles. The van der Waals surface area contributed by atoms with Gasteiger partial charge in [-0.05, 0) is 38.1 Å².